The normalized spacial score (nSPS) is 15.5. The van der Waals surface area contributed by atoms with E-state index in [2.05, 4.69) is 11.8 Å². The molecule has 0 aliphatic carbocycles. The molecule has 2 heterocycles. The number of alkyl halides is 1. The van der Waals surface area contributed by atoms with Gasteiger partial charge in [-0.3, -0.25) is 9.29 Å². The van der Waals surface area contributed by atoms with Crippen molar-refractivity contribution in [2.75, 3.05) is 39.5 Å². The molecule has 0 spiro atoms. The highest BCUT2D eigenvalue weighted by molar-refractivity contribution is 6.30. The summed E-state index contributed by atoms with van der Waals surface area (Å²) in [6.07, 6.45) is 0. The summed E-state index contributed by atoms with van der Waals surface area (Å²) in [5.41, 5.74) is 4.45. The molecule has 5 rings (SSSR count). The van der Waals surface area contributed by atoms with Crippen molar-refractivity contribution < 1.29 is 19.0 Å². The van der Waals surface area contributed by atoms with Crippen LogP contribution < -0.4 is 9.47 Å². The molecule has 0 unspecified atom stereocenters. The first-order valence-electron chi connectivity index (χ1n) is 11.4. The molecule has 0 bridgehead atoms. The first kappa shape index (κ1) is 24.1. The van der Waals surface area contributed by atoms with Gasteiger partial charge in [0.1, 0.15) is 30.5 Å². The number of hydrogen-bond donors (Lipinski definition) is 1. The topological polar surface area (TPSA) is 41.9 Å². The lowest BCUT2D eigenvalue weighted by molar-refractivity contribution is 0.0668. The fourth-order valence-electron chi connectivity index (χ4n) is 4.08. The van der Waals surface area contributed by atoms with Crippen LogP contribution in [-0.4, -0.2) is 49.5 Å². The maximum atomic E-state index is 12.1. The summed E-state index contributed by atoms with van der Waals surface area (Å²) in [4.78, 5) is 2.22. The van der Waals surface area contributed by atoms with Crippen LogP contribution >= 0.6 is 11.6 Å². The number of allylic oxidation sites excluding steroid dienone is 1. The maximum absolute atomic E-state index is 12.1. The quantitative estimate of drug-likeness (QED) is 0.446. The third-order valence-corrected chi connectivity index (χ3v) is 6.31. The van der Waals surface area contributed by atoms with E-state index in [1.54, 1.807) is 12.1 Å². The Balaban J connectivity index is 0.000000166. The summed E-state index contributed by atoms with van der Waals surface area (Å²) in [5.74, 6) is 2.12. The highest BCUT2D eigenvalue weighted by atomic mass is 35.5. The van der Waals surface area contributed by atoms with Gasteiger partial charge in [0.25, 0.3) is 0 Å². The molecule has 3 aromatic rings. The van der Waals surface area contributed by atoms with Gasteiger partial charge in [0, 0.05) is 47.8 Å². The van der Waals surface area contributed by atoms with Gasteiger partial charge in [0.05, 0.1) is 6.67 Å². The molecule has 2 aliphatic heterocycles. The first-order valence-corrected chi connectivity index (χ1v) is 11.8. The molecule has 2 aliphatic rings. The molecule has 34 heavy (non-hydrogen) atoms. The van der Waals surface area contributed by atoms with Crippen LogP contribution in [0.25, 0.3) is 11.1 Å². The minimum absolute atomic E-state index is 0.184. The fourth-order valence-corrected chi connectivity index (χ4v) is 4.20. The van der Waals surface area contributed by atoms with Gasteiger partial charge >= 0.3 is 0 Å². The van der Waals surface area contributed by atoms with Gasteiger partial charge in [-0.05, 0) is 54.5 Å². The van der Waals surface area contributed by atoms with Crippen molar-refractivity contribution in [2.24, 2.45) is 5.92 Å². The third kappa shape index (κ3) is 6.10. The van der Waals surface area contributed by atoms with Crippen molar-refractivity contribution in [1.29, 1.82) is 0 Å². The molecule has 0 atom stereocenters. The molecular weight excluding hydrogens is 453 g/mol. The molecule has 3 aromatic carbocycles. The van der Waals surface area contributed by atoms with Crippen molar-refractivity contribution in [3.8, 4) is 17.2 Å². The largest absolute Gasteiger partial charge is 0.508 e. The van der Waals surface area contributed by atoms with Crippen LogP contribution in [0.1, 0.15) is 18.1 Å². The molecule has 0 saturated carbocycles. The molecule has 0 amide bonds. The zero-order valence-corrected chi connectivity index (χ0v) is 20.0. The Morgan fingerprint density at radius 1 is 1.06 bits per heavy atom. The molecule has 4 nitrogen and oxygen atoms in total. The van der Waals surface area contributed by atoms with Crippen LogP contribution in [-0.2, 0) is 0 Å². The van der Waals surface area contributed by atoms with E-state index < -0.39 is 0 Å². The monoisotopic (exact) mass is 481 g/mol. The number of aromatic hydroxyl groups is 1. The number of para-hydroxylation sites is 1. The van der Waals surface area contributed by atoms with Crippen LogP contribution in [0.5, 0.6) is 17.2 Å². The molecule has 1 N–H and O–H groups in total. The Labute approximate surface area is 205 Å². The SMILES string of the molecule is CC1=C(c2ccc(Cl)cc2)COc2cc(O)ccc21.FCC1CN(CCOc2ccccc2)C1. The highest BCUT2D eigenvalue weighted by Gasteiger charge is 2.25. The minimum Gasteiger partial charge on any atom is -0.508 e. The summed E-state index contributed by atoms with van der Waals surface area (Å²) in [6.45, 7) is 5.74. The number of phenols is 1. The van der Waals surface area contributed by atoms with E-state index in [4.69, 9.17) is 21.1 Å². The highest BCUT2D eigenvalue weighted by Crippen LogP contribution is 2.38. The number of ether oxygens (including phenoxy) is 2. The summed E-state index contributed by atoms with van der Waals surface area (Å²) < 4.78 is 23.4. The summed E-state index contributed by atoms with van der Waals surface area (Å²) in [7, 11) is 0. The second-order valence-electron chi connectivity index (χ2n) is 8.52. The van der Waals surface area contributed by atoms with Crippen LogP contribution in [0.15, 0.2) is 72.8 Å². The lowest BCUT2D eigenvalue weighted by Crippen LogP contribution is -2.49. The van der Waals surface area contributed by atoms with E-state index in [-0.39, 0.29) is 18.3 Å². The van der Waals surface area contributed by atoms with Crippen molar-refractivity contribution in [3.63, 3.8) is 0 Å². The molecular formula is C28H29ClFNO3. The zero-order chi connectivity index (χ0) is 23.9. The van der Waals surface area contributed by atoms with Gasteiger partial charge in [-0.25, -0.2) is 0 Å². The van der Waals surface area contributed by atoms with Crippen LogP contribution in [0.3, 0.4) is 0 Å². The number of likely N-dealkylation sites (tertiary alicyclic amines) is 1. The predicted octanol–water partition coefficient (Wildman–Crippen LogP) is 6.34. The fraction of sp³-hybridized carbons (Fsp3) is 0.286. The van der Waals surface area contributed by atoms with Crippen molar-refractivity contribution in [2.45, 2.75) is 6.92 Å². The molecule has 6 heteroatoms. The van der Waals surface area contributed by atoms with Crippen molar-refractivity contribution in [3.05, 3.63) is 88.9 Å². The average molecular weight is 482 g/mol. The Morgan fingerprint density at radius 2 is 1.79 bits per heavy atom. The second kappa shape index (κ2) is 11.4. The number of nitrogens with zero attached hydrogens (tertiary/aromatic N) is 1. The van der Waals surface area contributed by atoms with E-state index in [1.165, 1.54) is 5.57 Å². The molecule has 178 valence electrons. The number of benzene rings is 3. The van der Waals surface area contributed by atoms with Gasteiger partial charge in [0.15, 0.2) is 0 Å². The van der Waals surface area contributed by atoms with Gasteiger partial charge < -0.3 is 14.6 Å². The molecule has 1 saturated heterocycles. The van der Waals surface area contributed by atoms with Crippen molar-refractivity contribution >= 4 is 22.7 Å². The number of fused-ring (bicyclic) bond motifs is 1. The minimum atomic E-state index is -0.184. The van der Waals surface area contributed by atoms with Crippen molar-refractivity contribution in [1.82, 2.24) is 4.90 Å². The van der Waals surface area contributed by atoms with E-state index in [9.17, 15) is 9.50 Å². The third-order valence-electron chi connectivity index (χ3n) is 6.06. The van der Waals surface area contributed by atoms with Crippen LogP contribution in [0.2, 0.25) is 5.02 Å². The van der Waals surface area contributed by atoms with E-state index in [1.807, 2.05) is 60.7 Å². The predicted molar refractivity (Wildman–Crippen MR) is 135 cm³/mol. The maximum Gasteiger partial charge on any atom is 0.130 e. The first-order chi connectivity index (χ1) is 16.5. The summed E-state index contributed by atoms with van der Waals surface area (Å²) in [5, 5.41) is 10.2. The van der Waals surface area contributed by atoms with Crippen LogP contribution in [0, 0.1) is 5.92 Å². The van der Waals surface area contributed by atoms with Crippen LogP contribution in [0.4, 0.5) is 4.39 Å². The number of phenolic OH excluding ortho intramolecular Hbond substituents is 1. The summed E-state index contributed by atoms with van der Waals surface area (Å²) in [6, 6.07) is 22.7. The van der Waals surface area contributed by atoms with Gasteiger partial charge in [-0.2, -0.15) is 0 Å². The molecule has 1 fully saturated rings. The molecule has 0 radical (unpaired) electrons. The smallest absolute Gasteiger partial charge is 0.130 e. The van der Waals surface area contributed by atoms with Gasteiger partial charge in [0.2, 0.25) is 0 Å². The number of halogens is 2. The number of rotatable bonds is 6. The Hall–Kier alpha value is -3.02. The average Bonchev–Trinajstić information content (AvgIpc) is 2.82. The standard InChI is InChI=1S/C16H13ClO2.C12H16FNO/c1-10-14-7-6-13(18)8-16(14)19-9-15(10)11-2-4-12(17)5-3-11;13-8-11-9-14(10-11)6-7-15-12-4-2-1-3-5-12/h2-8,18H,9H2,1H3;1-5,11H,6-10H2. The second-order valence-corrected chi connectivity index (χ2v) is 8.96. The lowest BCUT2D eigenvalue weighted by Gasteiger charge is -2.37. The van der Waals surface area contributed by atoms with E-state index >= 15 is 0 Å². The lowest BCUT2D eigenvalue weighted by atomic mass is 9.94. The Morgan fingerprint density at radius 3 is 2.50 bits per heavy atom. The summed E-state index contributed by atoms with van der Waals surface area (Å²) >= 11 is 5.91. The zero-order valence-electron chi connectivity index (χ0n) is 19.2. The van der Waals surface area contributed by atoms with E-state index in [0.717, 1.165) is 52.9 Å². The Kier molecular flexibility index (Phi) is 8.09. The number of hydrogen-bond acceptors (Lipinski definition) is 4. The van der Waals surface area contributed by atoms with E-state index in [0.29, 0.717) is 13.2 Å². The Bertz CT molecular complexity index is 1110. The van der Waals surface area contributed by atoms with Gasteiger partial charge in [-0.15, -0.1) is 0 Å². The molecule has 0 aromatic heterocycles. The van der Waals surface area contributed by atoms with Gasteiger partial charge in [-0.1, -0.05) is 41.9 Å².